The Morgan fingerprint density at radius 2 is 1.80 bits per heavy atom. The Hall–Kier alpha value is -2.05. The maximum absolute atomic E-state index is 12.7. The summed E-state index contributed by atoms with van der Waals surface area (Å²) in [5.74, 6) is 9.10. The average molecular weight is 481 g/mol. The number of rotatable bonds is 11. The molecule has 0 heterocycles. The van der Waals surface area contributed by atoms with Gasteiger partial charge in [-0.3, -0.25) is 4.79 Å². The number of ether oxygens (including phenoxy) is 2. The third-order valence-electron chi connectivity index (χ3n) is 6.61. The number of esters is 1. The molecule has 3 nitrogen and oxygen atoms in total. The van der Waals surface area contributed by atoms with Gasteiger partial charge in [-0.15, -0.1) is 0 Å². The minimum Gasteiger partial charge on any atom is -0.460 e. The molecule has 1 saturated carbocycles. The number of carbonyl (C=O) groups excluding carboxylic acids is 1. The molecule has 3 heteroatoms. The first kappa shape index (κ1) is 29.2. The Labute approximate surface area is 215 Å². The predicted octanol–water partition coefficient (Wildman–Crippen LogP) is 8.13. The third kappa shape index (κ3) is 12.5. The zero-order chi connectivity index (χ0) is 25.7. The molecule has 194 valence electrons. The summed E-state index contributed by atoms with van der Waals surface area (Å²) in [4.78, 5) is 12.7. The summed E-state index contributed by atoms with van der Waals surface area (Å²) in [6.45, 7) is 13.7. The molecule has 35 heavy (non-hydrogen) atoms. The molecular weight excluding hydrogens is 432 g/mol. The summed E-state index contributed by atoms with van der Waals surface area (Å²) in [5.41, 5.74) is 1.78. The molecule has 1 aromatic rings. The normalized spacial score (nSPS) is 19.7. The van der Waals surface area contributed by atoms with Crippen molar-refractivity contribution in [2.75, 3.05) is 6.61 Å². The van der Waals surface area contributed by atoms with Crippen LogP contribution in [-0.2, 0) is 20.9 Å². The van der Waals surface area contributed by atoms with Crippen molar-refractivity contribution in [1.82, 2.24) is 0 Å². The molecule has 0 radical (unpaired) electrons. The van der Waals surface area contributed by atoms with Crippen molar-refractivity contribution in [3.63, 3.8) is 0 Å². The first-order chi connectivity index (χ1) is 16.7. The van der Waals surface area contributed by atoms with Gasteiger partial charge in [0.25, 0.3) is 0 Å². The van der Waals surface area contributed by atoms with E-state index in [9.17, 15) is 4.79 Å². The molecular formula is C32H48O3. The van der Waals surface area contributed by atoms with Crippen LogP contribution >= 0.6 is 0 Å². The molecule has 0 aromatic heterocycles. The van der Waals surface area contributed by atoms with Crippen molar-refractivity contribution in [3.05, 3.63) is 47.5 Å². The lowest BCUT2D eigenvalue weighted by Gasteiger charge is -2.27. The molecule has 1 fully saturated rings. The summed E-state index contributed by atoms with van der Waals surface area (Å²) in [6, 6.07) is 10.2. The number of hydrogen-bond donors (Lipinski definition) is 0. The lowest BCUT2D eigenvalue weighted by Crippen LogP contribution is -2.25. The molecule has 0 aliphatic heterocycles. The molecule has 1 aromatic carbocycles. The zero-order valence-corrected chi connectivity index (χ0v) is 23.1. The Balaban J connectivity index is 1.94. The summed E-state index contributed by atoms with van der Waals surface area (Å²) in [6.07, 6.45) is 10.5. The van der Waals surface area contributed by atoms with Gasteiger partial charge in [0.15, 0.2) is 0 Å². The fourth-order valence-electron chi connectivity index (χ4n) is 4.95. The standard InChI is InChI=1S/C32H48O3/c1-7-29(20-19-26-15-17-27(18-16-26)22-25(2)3)30(23-31(33)35-32(4,5)6)14-11-21-34-24-28-12-9-8-10-13-28/h7-10,12-13,25-27,30H,11,14-18,21-24H2,1-6H3/t26-,27-,30?. The van der Waals surface area contributed by atoms with E-state index in [1.165, 1.54) is 37.7 Å². The molecule has 2 rings (SSSR count). The molecule has 0 spiro atoms. The van der Waals surface area contributed by atoms with Gasteiger partial charge < -0.3 is 9.47 Å². The Kier molecular flexibility index (Phi) is 12.6. The van der Waals surface area contributed by atoms with Crippen molar-refractivity contribution in [3.8, 4) is 11.8 Å². The van der Waals surface area contributed by atoms with Crippen molar-refractivity contribution in [2.24, 2.45) is 23.7 Å². The Morgan fingerprint density at radius 1 is 1.11 bits per heavy atom. The van der Waals surface area contributed by atoms with Crippen LogP contribution in [0.1, 0.15) is 98.5 Å². The summed E-state index contributed by atoms with van der Waals surface area (Å²) in [5, 5.41) is 0. The third-order valence-corrected chi connectivity index (χ3v) is 6.61. The second kappa shape index (κ2) is 15.1. The van der Waals surface area contributed by atoms with Crippen LogP contribution in [0.2, 0.25) is 0 Å². The fourth-order valence-corrected chi connectivity index (χ4v) is 4.95. The van der Waals surface area contributed by atoms with Gasteiger partial charge in [0.1, 0.15) is 5.60 Å². The first-order valence-electron chi connectivity index (χ1n) is 13.7. The van der Waals surface area contributed by atoms with Crippen molar-refractivity contribution in [1.29, 1.82) is 0 Å². The molecule has 1 unspecified atom stereocenters. The predicted molar refractivity (Wildman–Crippen MR) is 146 cm³/mol. The summed E-state index contributed by atoms with van der Waals surface area (Å²) >= 11 is 0. The Bertz CT molecular complexity index is 827. The lowest BCUT2D eigenvalue weighted by atomic mass is 9.78. The zero-order valence-electron chi connectivity index (χ0n) is 23.1. The molecule has 1 aliphatic rings. The molecule has 0 bridgehead atoms. The molecule has 0 N–H and O–H groups in total. The van der Waals surface area contributed by atoms with E-state index in [0.29, 0.717) is 25.6 Å². The highest BCUT2D eigenvalue weighted by Gasteiger charge is 2.23. The highest BCUT2D eigenvalue weighted by atomic mass is 16.6. The number of carbonyl (C=O) groups is 1. The van der Waals surface area contributed by atoms with Crippen LogP contribution in [0.5, 0.6) is 0 Å². The van der Waals surface area contributed by atoms with Crippen LogP contribution in [0.25, 0.3) is 0 Å². The number of allylic oxidation sites excluding steroid dienone is 2. The van der Waals surface area contributed by atoms with Gasteiger partial charge >= 0.3 is 5.97 Å². The molecule has 1 aliphatic carbocycles. The van der Waals surface area contributed by atoms with E-state index in [1.807, 2.05) is 45.9 Å². The van der Waals surface area contributed by atoms with Gasteiger partial charge in [0.2, 0.25) is 0 Å². The SMILES string of the molecule is CC=C(C#C[C@H]1CC[C@H](CC(C)C)CC1)C(CCCOCc1ccccc1)CC(=O)OC(C)(C)C. The smallest absolute Gasteiger partial charge is 0.306 e. The second-order valence-corrected chi connectivity index (χ2v) is 11.5. The molecule has 1 atom stereocenters. The second-order valence-electron chi connectivity index (χ2n) is 11.5. The van der Waals surface area contributed by atoms with Crippen molar-refractivity contribution >= 4 is 5.97 Å². The van der Waals surface area contributed by atoms with E-state index >= 15 is 0 Å². The highest BCUT2D eigenvalue weighted by molar-refractivity contribution is 5.71. The van der Waals surface area contributed by atoms with E-state index in [1.54, 1.807) is 0 Å². The van der Waals surface area contributed by atoms with Crippen LogP contribution in [0.4, 0.5) is 0 Å². The monoisotopic (exact) mass is 480 g/mol. The van der Waals surface area contributed by atoms with Crippen LogP contribution in [0, 0.1) is 35.5 Å². The van der Waals surface area contributed by atoms with Gasteiger partial charge in [0.05, 0.1) is 13.0 Å². The molecule has 0 saturated heterocycles. The summed E-state index contributed by atoms with van der Waals surface area (Å²) in [7, 11) is 0. The quantitative estimate of drug-likeness (QED) is 0.182. The van der Waals surface area contributed by atoms with Crippen molar-refractivity contribution < 1.29 is 14.3 Å². The van der Waals surface area contributed by atoms with Gasteiger partial charge in [0, 0.05) is 24.0 Å². The van der Waals surface area contributed by atoms with Gasteiger partial charge in [-0.05, 0) is 90.0 Å². The number of hydrogen-bond acceptors (Lipinski definition) is 3. The minimum absolute atomic E-state index is 0.0694. The number of benzene rings is 1. The van der Waals surface area contributed by atoms with Gasteiger partial charge in [-0.1, -0.05) is 62.1 Å². The average Bonchev–Trinajstić information content (AvgIpc) is 2.79. The van der Waals surface area contributed by atoms with Crippen LogP contribution < -0.4 is 0 Å². The van der Waals surface area contributed by atoms with E-state index in [4.69, 9.17) is 9.47 Å². The molecule has 0 amide bonds. The first-order valence-corrected chi connectivity index (χ1v) is 13.7. The minimum atomic E-state index is -0.475. The van der Waals surface area contributed by atoms with Crippen LogP contribution in [-0.4, -0.2) is 18.2 Å². The van der Waals surface area contributed by atoms with Crippen LogP contribution in [0.3, 0.4) is 0 Å². The van der Waals surface area contributed by atoms with Crippen LogP contribution in [0.15, 0.2) is 42.0 Å². The highest BCUT2D eigenvalue weighted by Crippen LogP contribution is 2.32. The topological polar surface area (TPSA) is 35.5 Å². The summed E-state index contributed by atoms with van der Waals surface area (Å²) < 4.78 is 11.5. The van der Waals surface area contributed by atoms with E-state index in [0.717, 1.165) is 30.3 Å². The van der Waals surface area contributed by atoms with Gasteiger partial charge in [-0.25, -0.2) is 0 Å². The van der Waals surface area contributed by atoms with E-state index in [-0.39, 0.29) is 11.9 Å². The fraction of sp³-hybridized carbons (Fsp3) is 0.656. The maximum atomic E-state index is 12.7. The van der Waals surface area contributed by atoms with E-state index < -0.39 is 5.60 Å². The Morgan fingerprint density at radius 3 is 2.40 bits per heavy atom. The van der Waals surface area contributed by atoms with Gasteiger partial charge in [-0.2, -0.15) is 0 Å². The van der Waals surface area contributed by atoms with E-state index in [2.05, 4.69) is 43.9 Å². The largest absolute Gasteiger partial charge is 0.460 e. The lowest BCUT2D eigenvalue weighted by molar-refractivity contribution is -0.155. The maximum Gasteiger partial charge on any atom is 0.306 e. The van der Waals surface area contributed by atoms with Crippen molar-refractivity contribution in [2.45, 2.75) is 105 Å².